The average Bonchev–Trinajstić information content (AvgIpc) is 3.16. The third kappa shape index (κ3) is 4.43. The standard InChI is InChI=1S/C16H18N4O4S3/c1-8-9(2)25-16-14(8)15(22)19-11(20-16)4-5-12(21)18-7-10-3-6-13(26-10)27(17,23)24/h3,6H,4-5,7H2,1-2H3,(H,18,21)(H2,17,23,24)(H,19,20,22). The molecule has 0 radical (unpaired) electrons. The number of H-pyrrole nitrogens is 1. The molecule has 0 unspecified atom stereocenters. The van der Waals surface area contributed by atoms with Crippen LogP contribution in [0.25, 0.3) is 10.2 Å². The molecule has 0 bridgehead atoms. The minimum atomic E-state index is -3.73. The molecule has 0 atom stereocenters. The summed E-state index contributed by atoms with van der Waals surface area (Å²) in [5.74, 6) is 0.248. The Morgan fingerprint density at radius 3 is 2.70 bits per heavy atom. The Labute approximate surface area is 163 Å². The lowest BCUT2D eigenvalue weighted by Gasteiger charge is -2.04. The Morgan fingerprint density at radius 2 is 2.04 bits per heavy atom. The van der Waals surface area contributed by atoms with Crippen LogP contribution in [0.1, 0.15) is 27.6 Å². The number of aromatic amines is 1. The van der Waals surface area contributed by atoms with E-state index in [-0.39, 0.29) is 28.6 Å². The van der Waals surface area contributed by atoms with Crippen molar-refractivity contribution in [1.82, 2.24) is 15.3 Å². The fourth-order valence-corrected chi connectivity index (χ4v) is 5.30. The van der Waals surface area contributed by atoms with Crippen molar-refractivity contribution in [3.63, 3.8) is 0 Å². The molecule has 0 fully saturated rings. The lowest BCUT2D eigenvalue weighted by Crippen LogP contribution is -2.23. The van der Waals surface area contributed by atoms with Crippen LogP contribution >= 0.6 is 22.7 Å². The van der Waals surface area contributed by atoms with E-state index in [9.17, 15) is 18.0 Å². The number of carbonyl (C=O) groups excluding carboxylic acids is 1. The number of hydrogen-bond acceptors (Lipinski definition) is 7. The van der Waals surface area contributed by atoms with Gasteiger partial charge in [-0.05, 0) is 31.5 Å². The Bertz CT molecular complexity index is 1170. The number of aryl methyl sites for hydroxylation is 3. The highest BCUT2D eigenvalue weighted by Crippen LogP contribution is 2.25. The maximum atomic E-state index is 12.2. The number of sulfonamides is 1. The number of nitrogens with zero attached hydrogens (tertiary/aromatic N) is 1. The summed E-state index contributed by atoms with van der Waals surface area (Å²) in [4.78, 5) is 33.8. The number of thiophene rings is 2. The monoisotopic (exact) mass is 426 g/mol. The van der Waals surface area contributed by atoms with E-state index >= 15 is 0 Å². The van der Waals surface area contributed by atoms with Crippen molar-refractivity contribution in [2.24, 2.45) is 5.14 Å². The molecule has 0 saturated heterocycles. The first kappa shape index (κ1) is 19.7. The van der Waals surface area contributed by atoms with Crippen molar-refractivity contribution in [3.8, 4) is 0 Å². The van der Waals surface area contributed by atoms with Crippen LogP contribution in [0, 0.1) is 13.8 Å². The number of amides is 1. The molecular weight excluding hydrogens is 408 g/mol. The highest BCUT2D eigenvalue weighted by molar-refractivity contribution is 7.91. The Balaban J connectivity index is 1.60. The van der Waals surface area contributed by atoms with Gasteiger partial charge >= 0.3 is 0 Å². The zero-order valence-electron chi connectivity index (χ0n) is 14.7. The highest BCUT2D eigenvalue weighted by Gasteiger charge is 2.14. The summed E-state index contributed by atoms with van der Waals surface area (Å²) in [7, 11) is -3.73. The first-order valence-electron chi connectivity index (χ1n) is 8.02. The molecule has 3 rings (SSSR count). The Hall–Kier alpha value is -2.08. The second kappa shape index (κ2) is 7.50. The molecule has 0 aliphatic heterocycles. The molecule has 144 valence electrons. The van der Waals surface area contributed by atoms with Gasteiger partial charge in [-0.25, -0.2) is 18.5 Å². The molecule has 3 aromatic heterocycles. The summed E-state index contributed by atoms with van der Waals surface area (Å²) in [5.41, 5.74) is 0.745. The van der Waals surface area contributed by atoms with Gasteiger partial charge in [0.2, 0.25) is 15.9 Å². The fourth-order valence-electron chi connectivity index (χ4n) is 2.53. The summed E-state index contributed by atoms with van der Waals surface area (Å²) in [5, 5.41) is 8.38. The smallest absolute Gasteiger partial charge is 0.259 e. The molecule has 27 heavy (non-hydrogen) atoms. The topological polar surface area (TPSA) is 135 Å². The van der Waals surface area contributed by atoms with Crippen molar-refractivity contribution < 1.29 is 13.2 Å². The summed E-state index contributed by atoms with van der Waals surface area (Å²) in [6.45, 7) is 4.05. The number of fused-ring (bicyclic) bond motifs is 1. The number of primary sulfonamides is 1. The molecule has 0 aliphatic carbocycles. The molecule has 0 spiro atoms. The van der Waals surface area contributed by atoms with Gasteiger partial charge in [0.25, 0.3) is 5.56 Å². The van der Waals surface area contributed by atoms with Crippen LogP contribution in [-0.2, 0) is 27.8 Å². The Morgan fingerprint density at radius 1 is 1.30 bits per heavy atom. The van der Waals surface area contributed by atoms with Gasteiger partial charge < -0.3 is 10.3 Å². The van der Waals surface area contributed by atoms with Crippen molar-refractivity contribution in [2.75, 3.05) is 0 Å². The van der Waals surface area contributed by atoms with Crippen molar-refractivity contribution in [2.45, 2.75) is 37.4 Å². The molecule has 3 aromatic rings. The first-order valence-corrected chi connectivity index (χ1v) is 11.2. The zero-order valence-corrected chi connectivity index (χ0v) is 17.1. The number of carbonyl (C=O) groups is 1. The molecule has 0 aromatic carbocycles. The minimum Gasteiger partial charge on any atom is -0.351 e. The van der Waals surface area contributed by atoms with Gasteiger partial charge in [0.15, 0.2) is 0 Å². The van der Waals surface area contributed by atoms with E-state index < -0.39 is 10.0 Å². The maximum absolute atomic E-state index is 12.2. The van der Waals surface area contributed by atoms with Crippen LogP contribution in [0.2, 0.25) is 0 Å². The molecular formula is C16H18N4O4S3. The summed E-state index contributed by atoms with van der Waals surface area (Å²) in [6.07, 6.45) is 0.463. The SMILES string of the molecule is Cc1sc2nc(CCC(=O)NCc3ccc(S(N)(=O)=O)s3)[nH]c(=O)c2c1C. The summed E-state index contributed by atoms with van der Waals surface area (Å²) < 4.78 is 22.6. The summed E-state index contributed by atoms with van der Waals surface area (Å²) in [6, 6.07) is 3.02. The highest BCUT2D eigenvalue weighted by atomic mass is 32.2. The predicted molar refractivity (Wildman–Crippen MR) is 106 cm³/mol. The van der Waals surface area contributed by atoms with E-state index in [0.29, 0.717) is 27.3 Å². The largest absolute Gasteiger partial charge is 0.351 e. The summed E-state index contributed by atoms with van der Waals surface area (Å²) >= 11 is 2.48. The van der Waals surface area contributed by atoms with Gasteiger partial charge in [-0.1, -0.05) is 0 Å². The van der Waals surface area contributed by atoms with Gasteiger partial charge in [0, 0.05) is 22.6 Å². The second-order valence-corrected chi connectivity index (χ2v) is 10.2. The fraction of sp³-hybridized carbons (Fsp3) is 0.312. The lowest BCUT2D eigenvalue weighted by molar-refractivity contribution is -0.121. The Kier molecular flexibility index (Phi) is 5.47. The normalized spacial score (nSPS) is 11.8. The first-order chi connectivity index (χ1) is 12.6. The molecule has 1 amide bonds. The lowest BCUT2D eigenvalue weighted by atomic mass is 10.2. The predicted octanol–water partition coefficient (Wildman–Crippen LogP) is 1.56. The number of rotatable bonds is 6. The average molecular weight is 427 g/mol. The molecule has 4 N–H and O–H groups in total. The number of aromatic nitrogens is 2. The van der Waals surface area contributed by atoms with Crippen LogP contribution in [0.4, 0.5) is 0 Å². The van der Waals surface area contributed by atoms with Crippen molar-refractivity contribution in [1.29, 1.82) is 0 Å². The number of nitrogens with one attached hydrogen (secondary N) is 2. The molecule has 0 aliphatic rings. The van der Waals surface area contributed by atoms with Gasteiger partial charge in [0.1, 0.15) is 14.9 Å². The van der Waals surface area contributed by atoms with Gasteiger partial charge in [0.05, 0.1) is 11.9 Å². The quantitative estimate of drug-likeness (QED) is 0.550. The van der Waals surface area contributed by atoms with Crippen LogP contribution in [-0.4, -0.2) is 24.3 Å². The van der Waals surface area contributed by atoms with E-state index in [4.69, 9.17) is 5.14 Å². The molecule has 3 heterocycles. The van der Waals surface area contributed by atoms with Gasteiger partial charge in [-0.3, -0.25) is 9.59 Å². The third-order valence-electron chi connectivity index (χ3n) is 4.05. The van der Waals surface area contributed by atoms with E-state index in [0.717, 1.165) is 21.8 Å². The van der Waals surface area contributed by atoms with Crippen LogP contribution in [0.3, 0.4) is 0 Å². The minimum absolute atomic E-state index is 0.0587. The van der Waals surface area contributed by atoms with E-state index in [1.54, 1.807) is 6.07 Å². The zero-order chi connectivity index (χ0) is 19.8. The van der Waals surface area contributed by atoms with E-state index in [2.05, 4.69) is 15.3 Å². The van der Waals surface area contributed by atoms with E-state index in [1.165, 1.54) is 17.4 Å². The van der Waals surface area contributed by atoms with Gasteiger partial charge in [-0.2, -0.15) is 0 Å². The van der Waals surface area contributed by atoms with Gasteiger partial charge in [-0.15, -0.1) is 22.7 Å². The third-order valence-corrected chi connectivity index (χ3v) is 7.68. The molecule has 0 saturated carbocycles. The van der Waals surface area contributed by atoms with E-state index in [1.807, 2.05) is 13.8 Å². The molecule has 11 heteroatoms. The van der Waals surface area contributed by atoms with Crippen LogP contribution in [0.15, 0.2) is 21.1 Å². The van der Waals surface area contributed by atoms with Crippen LogP contribution in [0.5, 0.6) is 0 Å². The second-order valence-electron chi connectivity index (χ2n) is 6.02. The van der Waals surface area contributed by atoms with Crippen molar-refractivity contribution >= 4 is 48.8 Å². The maximum Gasteiger partial charge on any atom is 0.259 e. The number of hydrogen-bond donors (Lipinski definition) is 3. The molecule has 8 nitrogen and oxygen atoms in total. The van der Waals surface area contributed by atoms with Crippen LogP contribution < -0.4 is 16.0 Å². The van der Waals surface area contributed by atoms with Crippen molar-refractivity contribution in [3.05, 3.63) is 43.6 Å². The number of nitrogens with two attached hydrogens (primary N) is 1.